The summed E-state index contributed by atoms with van der Waals surface area (Å²) in [6.07, 6.45) is 0. The molecule has 0 spiro atoms. The van der Waals surface area contributed by atoms with Gasteiger partial charge in [0.15, 0.2) is 0 Å². The monoisotopic (exact) mass is 310 g/mol. The van der Waals surface area contributed by atoms with Crippen molar-refractivity contribution in [2.75, 3.05) is 0 Å². The average molecular weight is 311 g/mol. The average Bonchev–Trinajstić information content (AvgIpc) is 2.29. The lowest BCUT2D eigenvalue weighted by Gasteiger charge is -2.06. The van der Waals surface area contributed by atoms with Crippen LogP contribution < -0.4 is 5.46 Å². The first-order valence-electron chi connectivity index (χ1n) is 4.99. The molecule has 0 unspecified atom stereocenters. The molecule has 2 rings (SSSR count). The lowest BCUT2D eigenvalue weighted by molar-refractivity contribution is 0.426. The van der Waals surface area contributed by atoms with Crippen LogP contribution in [0.3, 0.4) is 0 Å². The predicted octanol–water partition coefficient (Wildman–Crippen LogP) is 2.45. The summed E-state index contributed by atoms with van der Waals surface area (Å²) in [5.41, 5.74) is 2.27. The van der Waals surface area contributed by atoms with Crippen LogP contribution in [0.4, 0.5) is 0 Å². The van der Waals surface area contributed by atoms with Gasteiger partial charge in [0.1, 0.15) is 0 Å². The Morgan fingerprint density at radius 1 is 0.941 bits per heavy atom. The zero-order valence-corrected chi connectivity index (χ0v) is 11.1. The van der Waals surface area contributed by atoms with E-state index in [1.807, 2.05) is 30.3 Å². The summed E-state index contributed by atoms with van der Waals surface area (Å²) >= 11 is 9.35. The molecule has 0 atom stereocenters. The molecule has 17 heavy (non-hydrogen) atoms. The van der Waals surface area contributed by atoms with Gasteiger partial charge in [-0.15, -0.1) is 0 Å². The van der Waals surface area contributed by atoms with Gasteiger partial charge >= 0.3 is 7.12 Å². The fourth-order valence-electron chi connectivity index (χ4n) is 1.56. The molecule has 0 aliphatic heterocycles. The highest BCUT2D eigenvalue weighted by molar-refractivity contribution is 9.10. The zero-order valence-electron chi connectivity index (χ0n) is 8.77. The summed E-state index contributed by atoms with van der Waals surface area (Å²) < 4.78 is 1.01. The highest BCUT2D eigenvalue weighted by Crippen LogP contribution is 2.23. The van der Waals surface area contributed by atoms with E-state index < -0.39 is 7.12 Å². The Bertz CT molecular complexity index is 529. The third-order valence-electron chi connectivity index (χ3n) is 2.46. The van der Waals surface area contributed by atoms with Gasteiger partial charge in [-0.05, 0) is 29.3 Å². The van der Waals surface area contributed by atoms with Crippen LogP contribution in [0.5, 0.6) is 0 Å². The first kappa shape index (κ1) is 12.6. The van der Waals surface area contributed by atoms with Crippen LogP contribution in [0.25, 0.3) is 11.1 Å². The molecule has 0 aliphatic rings. The van der Waals surface area contributed by atoms with Gasteiger partial charge in [-0.1, -0.05) is 51.8 Å². The Hall–Kier alpha value is -0.805. The van der Waals surface area contributed by atoms with Crippen LogP contribution in [0.2, 0.25) is 5.02 Å². The van der Waals surface area contributed by atoms with Gasteiger partial charge in [-0.25, -0.2) is 0 Å². The summed E-state index contributed by atoms with van der Waals surface area (Å²) in [6, 6.07) is 13.0. The number of benzene rings is 2. The van der Waals surface area contributed by atoms with Gasteiger partial charge in [0.05, 0.1) is 0 Å². The Morgan fingerprint density at radius 3 is 2.06 bits per heavy atom. The second-order valence-electron chi connectivity index (χ2n) is 3.62. The highest BCUT2D eigenvalue weighted by atomic mass is 79.9. The van der Waals surface area contributed by atoms with Gasteiger partial charge in [0.25, 0.3) is 0 Å². The minimum absolute atomic E-state index is 0.313. The van der Waals surface area contributed by atoms with Gasteiger partial charge in [-0.3, -0.25) is 0 Å². The lowest BCUT2D eigenvalue weighted by atomic mass is 9.79. The van der Waals surface area contributed by atoms with E-state index in [0.717, 1.165) is 15.6 Å². The van der Waals surface area contributed by atoms with E-state index in [4.69, 9.17) is 21.6 Å². The maximum atomic E-state index is 9.07. The lowest BCUT2D eigenvalue weighted by Crippen LogP contribution is -2.30. The first-order valence-corrected chi connectivity index (χ1v) is 6.16. The molecule has 0 heterocycles. The van der Waals surface area contributed by atoms with Crippen molar-refractivity contribution in [3.8, 4) is 11.1 Å². The van der Waals surface area contributed by atoms with E-state index in [-0.39, 0.29) is 0 Å². The standard InChI is InChI=1S/C12H9BBrClO2/c14-10-4-1-8(2-5-10)9-3-6-11(13(16)17)12(15)7-9/h1-7,16-17H. The van der Waals surface area contributed by atoms with E-state index in [1.165, 1.54) is 0 Å². The summed E-state index contributed by atoms with van der Waals surface area (Å²) in [5, 5.41) is 18.5. The van der Waals surface area contributed by atoms with Crippen molar-refractivity contribution in [1.29, 1.82) is 0 Å². The van der Waals surface area contributed by atoms with Gasteiger partial charge in [0.2, 0.25) is 0 Å². The summed E-state index contributed by atoms with van der Waals surface area (Å²) in [5.74, 6) is 0. The molecule has 0 saturated heterocycles. The maximum absolute atomic E-state index is 9.07. The van der Waals surface area contributed by atoms with Gasteiger partial charge in [0, 0.05) is 15.0 Å². The minimum atomic E-state index is -1.54. The number of halogens is 2. The molecule has 5 heteroatoms. The second-order valence-corrected chi connectivity index (χ2v) is 4.94. The first-order chi connectivity index (χ1) is 8.08. The Balaban J connectivity index is 2.41. The molecule has 86 valence electrons. The fourth-order valence-corrected chi connectivity index (χ4v) is 2.10. The summed E-state index contributed by atoms with van der Waals surface area (Å²) in [6.45, 7) is 0. The van der Waals surface area contributed by atoms with Crippen LogP contribution in [0.1, 0.15) is 0 Å². The van der Waals surface area contributed by atoms with E-state index in [2.05, 4.69) is 15.9 Å². The Labute approximate surface area is 113 Å². The zero-order chi connectivity index (χ0) is 12.4. The van der Waals surface area contributed by atoms with Crippen LogP contribution in [0, 0.1) is 0 Å². The highest BCUT2D eigenvalue weighted by Gasteiger charge is 2.15. The molecule has 2 aromatic rings. The van der Waals surface area contributed by atoms with Crippen LogP contribution >= 0.6 is 27.5 Å². The van der Waals surface area contributed by atoms with E-state index in [1.54, 1.807) is 12.1 Å². The SMILES string of the molecule is OB(O)c1ccc(-c2ccc(Br)cc2)cc1Cl. The number of hydrogen-bond acceptors (Lipinski definition) is 2. The summed E-state index contributed by atoms with van der Waals surface area (Å²) in [4.78, 5) is 0. The van der Waals surface area contributed by atoms with Crippen molar-refractivity contribution in [2.45, 2.75) is 0 Å². The van der Waals surface area contributed by atoms with Crippen LogP contribution in [0.15, 0.2) is 46.9 Å². The van der Waals surface area contributed by atoms with Crippen molar-refractivity contribution in [3.05, 3.63) is 52.0 Å². The Morgan fingerprint density at radius 2 is 1.53 bits per heavy atom. The largest absolute Gasteiger partial charge is 0.489 e. The predicted molar refractivity (Wildman–Crippen MR) is 74.4 cm³/mol. The van der Waals surface area contributed by atoms with Crippen molar-refractivity contribution in [3.63, 3.8) is 0 Å². The Kier molecular flexibility index (Phi) is 3.89. The molecular weight excluding hydrogens is 302 g/mol. The molecular formula is C12H9BBrClO2. The van der Waals surface area contributed by atoms with E-state index in [9.17, 15) is 0 Å². The molecule has 2 aromatic carbocycles. The van der Waals surface area contributed by atoms with Gasteiger partial charge in [-0.2, -0.15) is 0 Å². The summed E-state index contributed by atoms with van der Waals surface area (Å²) in [7, 11) is -1.54. The van der Waals surface area contributed by atoms with Crippen LogP contribution in [-0.4, -0.2) is 17.2 Å². The molecule has 2 nitrogen and oxygen atoms in total. The normalized spacial score (nSPS) is 10.4. The van der Waals surface area contributed by atoms with Crippen molar-refractivity contribution >= 4 is 40.1 Å². The number of hydrogen-bond donors (Lipinski definition) is 2. The smallest absolute Gasteiger partial charge is 0.423 e. The molecule has 0 fully saturated rings. The quantitative estimate of drug-likeness (QED) is 0.837. The molecule has 0 aliphatic carbocycles. The third kappa shape index (κ3) is 2.90. The van der Waals surface area contributed by atoms with Crippen molar-refractivity contribution in [2.24, 2.45) is 0 Å². The maximum Gasteiger partial charge on any atom is 0.489 e. The van der Waals surface area contributed by atoms with Crippen LogP contribution in [-0.2, 0) is 0 Å². The topological polar surface area (TPSA) is 40.5 Å². The van der Waals surface area contributed by atoms with E-state index in [0.29, 0.717) is 10.5 Å². The molecule has 0 saturated carbocycles. The molecule has 0 aromatic heterocycles. The second kappa shape index (κ2) is 5.23. The number of rotatable bonds is 2. The van der Waals surface area contributed by atoms with Gasteiger partial charge < -0.3 is 10.0 Å². The third-order valence-corrected chi connectivity index (χ3v) is 3.31. The van der Waals surface area contributed by atoms with Crippen molar-refractivity contribution in [1.82, 2.24) is 0 Å². The minimum Gasteiger partial charge on any atom is -0.423 e. The van der Waals surface area contributed by atoms with Crippen molar-refractivity contribution < 1.29 is 10.0 Å². The fraction of sp³-hybridized carbons (Fsp3) is 0. The molecule has 0 bridgehead atoms. The molecule has 0 radical (unpaired) electrons. The molecule has 2 N–H and O–H groups in total. The molecule has 0 amide bonds. The van der Waals surface area contributed by atoms with E-state index >= 15 is 0 Å².